The molecule has 0 aromatic carbocycles. The van der Waals surface area contributed by atoms with Gasteiger partial charge in [0.2, 0.25) is 6.40 Å². The highest BCUT2D eigenvalue weighted by atomic mass is 16.5. The molecule has 7 nitrogen and oxygen atoms in total. The highest BCUT2D eigenvalue weighted by Gasteiger charge is 2.13. The normalized spacial score (nSPS) is 12.8. The Labute approximate surface area is 82.6 Å². The van der Waals surface area contributed by atoms with Gasteiger partial charge in [-0.1, -0.05) is 6.42 Å². The molecule has 0 bridgehead atoms. The summed E-state index contributed by atoms with van der Waals surface area (Å²) in [7, 11) is 0. The molecule has 0 saturated carbocycles. The number of carbonyl (C=O) groups is 1. The Bertz CT molecular complexity index is 185. The van der Waals surface area contributed by atoms with Gasteiger partial charge < -0.3 is 16.2 Å². The Balaban J connectivity index is 3.59. The molecule has 0 unspecified atom stereocenters. The number of unbranched alkanes of at least 4 members (excludes halogenated alkanes) is 1. The summed E-state index contributed by atoms with van der Waals surface area (Å²) < 4.78 is 4.55. The van der Waals surface area contributed by atoms with Crippen LogP contribution >= 0.6 is 0 Å². The molecular weight excluding hydrogens is 186 g/mol. The van der Waals surface area contributed by atoms with Crippen molar-refractivity contribution < 1.29 is 9.53 Å². The minimum absolute atomic E-state index is 0.527. The number of hydrogen-bond acceptors (Lipinski definition) is 7. The fourth-order valence-electron chi connectivity index (χ4n) is 0.823. The van der Waals surface area contributed by atoms with E-state index in [1.807, 2.05) is 5.53 Å². The van der Waals surface area contributed by atoms with Crippen LogP contribution in [0.4, 0.5) is 0 Å². The van der Waals surface area contributed by atoms with Gasteiger partial charge in [-0.15, -0.1) is 5.10 Å². The summed E-state index contributed by atoms with van der Waals surface area (Å²) in [5.41, 5.74) is 12.7. The second-order valence-corrected chi connectivity index (χ2v) is 2.69. The molecule has 0 aromatic rings. The molecule has 0 radical (unpaired) electrons. The van der Waals surface area contributed by atoms with Crippen molar-refractivity contribution in [3.8, 4) is 0 Å². The van der Waals surface area contributed by atoms with Crippen LogP contribution in [0.3, 0.4) is 0 Å². The third kappa shape index (κ3) is 6.35. The van der Waals surface area contributed by atoms with Crippen LogP contribution in [0.25, 0.3) is 0 Å². The van der Waals surface area contributed by atoms with Crippen LogP contribution in [0.1, 0.15) is 19.3 Å². The summed E-state index contributed by atoms with van der Waals surface area (Å²) in [4.78, 5) is 11.1. The van der Waals surface area contributed by atoms with Crippen molar-refractivity contribution in [2.24, 2.45) is 22.4 Å². The molecule has 7 heteroatoms. The first-order valence-electron chi connectivity index (χ1n) is 4.35. The van der Waals surface area contributed by atoms with Crippen molar-refractivity contribution >= 4 is 12.4 Å². The van der Waals surface area contributed by atoms with Gasteiger partial charge >= 0.3 is 5.97 Å². The van der Waals surface area contributed by atoms with E-state index < -0.39 is 12.0 Å². The van der Waals surface area contributed by atoms with E-state index >= 15 is 0 Å². The second kappa shape index (κ2) is 8.42. The number of hydrogen-bond donors (Lipinski definition) is 4. The van der Waals surface area contributed by atoms with Crippen LogP contribution in [0.2, 0.25) is 0 Å². The molecule has 0 aliphatic heterocycles. The molecule has 0 aliphatic rings. The number of esters is 1. The van der Waals surface area contributed by atoms with Crippen molar-refractivity contribution in [2.75, 3.05) is 6.54 Å². The van der Waals surface area contributed by atoms with E-state index in [2.05, 4.69) is 9.84 Å². The van der Waals surface area contributed by atoms with Crippen LogP contribution in [0, 0.1) is 0 Å². The summed E-state index contributed by atoms with van der Waals surface area (Å²) in [6, 6.07) is -0.634. The number of nitrogens with zero attached hydrogens (tertiary/aromatic N) is 1. The Morgan fingerprint density at radius 1 is 1.57 bits per heavy atom. The molecule has 0 saturated heterocycles. The predicted molar refractivity (Wildman–Crippen MR) is 52.8 cm³/mol. The third-order valence-electron chi connectivity index (χ3n) is 1.57. The molecule has 7 N–H and O–H groups in total. The topological polar surface area (TPSA) is 129 Å². The molecular formula is C7H17N5O2. The van der Waals surface area contributed by atoms with Crippen LogP contribution in [-0.4, -0.2) is 25.0 Å². The van der Waals surface area contributed by atoms with Crippen LogP contribution in [-0.2, 0) is 9.53 Å². The Morgan fingerprint density at radius 2 is 2.29 bits per heavy atom. The molecule has 0 aromatic heterocycles. The maximum atomic E-state index is 11.1. The average Bonchev–Trinajstić information content (AvgIpc) is 2.18. The van der Waals surface area contributed by atoms with Crippen molar-refractivity contribution in [1.82, 2.24) is 5.53 Å². The fraction of sp³-hybridized carbons (Fsp3) is 0.714. The van der Waals surface area contributed by atoms with Gasteiger partial charge in [-0.05, 0) is 19.4 Å². The summed E-state index contributed by atoms with van der Waals surface area (Å²) in [6.07, 6.45) is 3.11. The zero-order valence-corrected chi connectivity index (χ0v) is 7.98. The lowest BCUT2D eigenvalue weighted by Gasteiger charge is -2.07. The van der Waals surface area contributed by atoms with E-state index in [9.17, 15) is 4.79 Å². The van der Waals surface area contributed by atoms with Gasteiger partial charge in [0.25, 0.3) is 0 Å². The lowest BCUT2D eigenvalue weighted by atomic mass is 10.1. The molecule has 0 amide bonds. The van der Waals surface area contributed by atoms with E-state index in [1.54, 1.807) is 0 Å². The Hall–Kier alpha value is -1.18. The summed E-state index contributed by atoms with van der Waals surface area (Å²) >= 11 is 0. The monoisotopic (exact) mass is 203 g/mol. The van der Waals surface area contributed by atoms with Gasteiger partial charge in [-0.2, -0.15) is 0 Å². The summed E-state index contributed by atoms with van der Waals surface area (Å²) in [6.45, 7) is 0.598. The molecule has 1 atom stereocenters. The zero-order chi connectivity index (χ0) is 10.8. The lowest BCUT2D eigenvalue weighted by molar-refractivity contribution is -0.136. The molecule has 0 spiro atoms. The first-order valence-corrected chi connectivity index (χ1v) is 4.35. The number of nitrogens with one attached hydrogen (secondary N) is 1. The largest absolute Gasteiger partial charge is 0.412 e. The summed E-state index contributed by atoms with van der Waals surface area (Å²) in [5.74, 6) is 4.28. The van der Waals surface area contributed by atoms with Crippen molar-refractivity contribution in [1.29, 1.82) is 0 Å². The number of nitrogens with two attached hydrogens (primary N) is 3. The molecule has 14 heavy (non-hydrogen) atoms. The van der Waals surface area contributed by atoms with E-state index in [0.29, 0.717) is 13.0 Å². The SMILES string of the molecule is NCCCC[C@H](N)C(=O)OC=NNN. The molecule has 0 heterocycles. The van der Waals surface area contributed by atoms with Crippen LogP contribution in [0.5, 0.6) is 0 Å². The Morgan fingerprint density at radius 3 is 2.86 bits per heavy atom. The van der Waals surface area contributed by atoms with Gasteiger partial charge in [0.15, 0.2) is 0 Å². The smallest absolute Gasteiger partial charge is 0.329 e. The van der Waals surface area contributed by atoms with Gasteiger partial charge in [-0.25, -0.2) is 16.2 Å². The Kier molecular flexibility index (Phi) is 7.71. The number of carbonyl (C=O) groups excluding carboxylic acids is 1. The second-order valence-electron chi connectivity index (χ2n) is 2.69. The van der Waals surface area contributed by atoms with Gasteiger partial charge in [0.1, 0.15) is 6.04 Å². The van der Waals surface area contributed by atoms with E-state index in [0.717, 1.165) is 19.2 Å². The summed E-state index contributed by atoms with van der Waals surface area (Å²) in [5, 5.41) is 3.27. The van der Waals surface area contributed by atoms with Gasteiger partial charge in [0, 0.05) is 0 Å². The van der Waals surface area contributed by atoms with Gasteiger partial charge in [0.05, 0.1) is 0 Å². The molecule has 0 aliphatic carbocycles. The minimum Gasteiger partial charge on any atom is -0.412 e. The van der Waals surface area contributed by atoms with E-state index in [1.165, 1.54) is 0 Å². The standard InChI is InChI=1S/C7H17N5O2/c8-4-2-1-3-6(9)7(13)14-5-11-12-10/h5-6,12H,1-4,8-10H2/t6-/m0/s1. The maximum absolute atomic E-state index is 11.1. The van der Waals surface area contributed by atoms with Crippen molar-refractivity contribution in [3.63, 3.8) is 0 Å². The quantitative estimate of drug-likeness (QED) is 0.0984. The maximum Gasteiger partial charge on any atom is 0.329 e. The first-order chi connectivity index (χ1) is 6.72. The molecule has 0 rings (SSSR count). The highest BCUT2D eigenvalue weighted by molar-refractivity contribution is 5.82. The highest BCUT2D eigenvalue weighted by Crippen LogP contribution is 1.99. The average molecular weight is 203 g/mol. The van der Waals surface area contributed by atoms with Gasteiger partial charge in [-0.3, -0.25) is 0 Å². The van der Waals surface area contributed by atoms with Crippen LogP contribution < -0.4 is 22.8 Å². The molecule has 82 valence electrons. The predicted octanol–water partition coefficient (Wildman–Crippen LogP) is -1.61. The molecule has 0 fully saturated rings. The minimum atomic E-state index is -0.634. The third-order valence-corrected chi connectivity index (χ3v) is 1.57. The van der Waals surface area contributed by atoms with Crippen molar-refractivity contribution in [3.05, 3.63) is 0 Å². The number of hydrazone groups is 1. The van der Waals surface area contributed by atoms with Crippen LogP contribution in [0.15, 0.2) is 5.10 Å². The number of hydrazine groups is 1. The first kappa shape index (κ1) is 12.8. The fourth-order valence-corrected chi connectivity index (χ4v) is 0.823. The van der Waals surface area contributed by atoms with E-state index in [4.69, 9.17) is 17.3 Å². The zero-order valence-electron chi connectivity index (χ0n) is 7.98. The lowest BCUT2D eigenvalue weighted by Crippen LogP contribution is -2.32. The van der Waals surface area contributed by atoms with E-state index in [-0.39, 0.29) is 0 Å². The van der Waals surface area contributed by atoms with Crippen molar-refractivity contribution in [2.45, 2.75) is 25.3 Å². The number of ether oxygens (including phenoxy) is 1. The number of rotatable bonds is 7.